The minimum Gasteiger partial charge on any atom is -0.494 e. The molecule has 0 radical (unpaired) electrons. The minimum atomic E-state index is -1.32. The summed E-state index contributed by atoms with van der Waals surface area (Å²) in [6, 6.07) is 6.83. The van der Waals surface area contributed by atoms with Crippen LogP contribution in [-0.2, 0) is 4.74 Å². The molecule has 2 aromatic heterocycles. The number of nitrogens with zero attached hydrogens (tertiary/aromatic N) is 3. The summed E-state index contributed by atoms with van der Waals surface area (Å²) >= 11 is 0. The fourth-order valence-corrected chi connectivity index (χ4v) is 4.26. The first kappa shape index (κ1) is 30.7. The Balaban J connectivity index is 1.95. The third-order valence-corrected chi connectivity index (χ3v) is 6.26. The summed E-state index contributed by atoms with van der Waals surface area (Å²) in [5, 5.41) is 14.6. The fraction of sp³-hybridized carbons (Fsp3) is 0.276. The van der Waals surface area contributed by atoms with Crippen LogP contribution < -0.4 is 19.7 Å². The number of carbonyl (C=O) groups is 2. The molecular weight excluding hydrogens is 570 g/mol. The molecule has 2 heterocycles. The molecule has 1 N–H and O–H groups in total. The maximum absolute atomic E-state index is 15.3. The molecule has 0 atom stereocenters. The van der Waals surface area contributed by atoms with Crippen LogP contribution in [0.5, 0.6) is 11.5 Å². The zero-order chi connectivity index (χ0) is 31.8. The molecule has 0 spiro atoms. The first-order valence-electron chi connectivity index (χ1n) is 12.7. The molecule has 0 aliphatic heterocycles. The molecule has 0 unspecified atom stereocenters. The lowest BCUT2D eigenvalue weighted by Crippen LogP contribution is -2.34. The van der Waals surface area contributed by atoms with Crippen molar-refractivity contribution in [1.82, 2.24) is 4.98 Å². The highest BCUT2D eigenvalue weighted by molar-refractivity contribution is 6.17. The lowest BCUT2D eigenvalue weighted by atomic mass is 10.0. The molecule has 4 aromatic rings. The molecule has 0 saturated heterocycles. The predicted octanol–water partition coefficient (Wildman–Crippen LogP) is 6.69. The first-order chi connectivity index (χ1) is 20.2. The van der Waals surface area contributed by atoms with Gasteiger partial charge in [0.1, 0.15) is 28.4 Å². The van der Waals surface area contributed by atoms with Gasteiger partial charge in [-0.05, 0) is 39.3 Å². The molecule has 4 rings (SSSR count). The Morgan fingerprint density at radius 2 is 1.72 bits per heavy atom. The number of carbonyl (C=O) groups excluding carboxylic acids is 2. The van der Waals surface area contributed by atoms with E-state index in [1.165, 1.54) is 31.4 Å². The van der Waals surface area contributed by atoms with E-state index in [0.29, 0.717) is 5.56 Å². The number of anilines is 3. The Kier molecular flexibility index (Phi) is 8.24. The van der Waals surface area contributed by atoms with E-state index in [9.17, 15) is 19.7 Å². The molecule has 2 aromatic carbocycles. The van der Waals surface area contributed by atoms with Crippen LogP contribution in [0, 0.1) is 28.7 Å². The summed E-state index contributed by atoms with van der Waals surface area (Å²) in [5.41, 5.74) is -1.72. The highest BCUT2D eigenvalue weighted by Gasteiger charge is 2.35. The SMILES string of the molecule is COc1cc(OC)c(F)c(C(=O)c2oc3cnc(Nc4c(C)cccc4[N+](=O)[O-])cc3c2N(C)C(=O)OC(C)(C)C)c1F. The van der Waals surface area contributed by atoms with Crippen molar-refractivity contribution in [2.45, 2.75) is 33.3 Å². The molecule has 14 heteroatoms. The van der Waals surface area contributed by atoms with Crippen molar-refractivity contribution in [3.05, 3.63) is 75.2 Å². The Morgan fingerprint density at radius 3 is 2.28 bits per heavy atom. The van der Waals surface area contributed by atoms with Crippen molar-refractivity contribution in [2.75, 3.05) is 31.5 Å². The number of amides is 1. The van der Waals surface area contributed by atoms with E-state index < -0.39 is 56.9 Å². The molecule has 226 valence electrons. The number of aryl methyl sites for hydroxylation is 1. The molecule has 0 fully saturated rings. The van der Waals surface area contributed by atoms with Crippen molar-refractivity contribution >= 4 is 45.7 Å². The fourth-order valence-electron chi connectivity index (χ4n) is 4.26. The van der Waals surface area contributed by atoms with Crippen LogP contribution in [0.1, 0.15) is 42.5 Å². The third-order valence-electron chi connectivity index (χ3n) is 6.26. The van der Waals surface area contributed by atoms with E-state index in [2.05, 4.69) is 10.3 Å². The maximum Gasteiger partial charge on any atom is 0.414 e. The van der Waals surface area contributed by atoms with Gasteiger partial charge in [0.25, 0.3) is 5.69 Å². The summed E-state index contributed by atoms with van der Waals surface area (Å²) in [7, 11) is 3.55. The number of aromatic nitrogens is 1. The summed E-state index contributed by atoms with van der Waals surface area (Å²) < 4.78 is 51.8. The normalized spacial score (nSPS) is 11.3. The van der Waals surface area contributed by atoms with Gasteiger partial charge in [0.15, 0.2) is 34.5 Å². The number of nitrogens with one attached hydrogen (secondary N) is 1. The van der Waals surface area contributed by atoms with Crippen molar-refractivity contribution in [3.63, 3.8) is 0 Å². The number of nitro groups is 1. The average Bonchev–Trinajstić information content (AvgIpc) is 3.31. The van der Waals surface area contributed by atoms with E-state index in [-0.39, 0.29) is 33.8 Å². The quantitative estimate of drug-likeness (QED) is 0.132. The number of furan rings is 1. The van der Waals surface area contributed by atoms with Gasteiger partial charge >= 0.3 is 6.09 Å². The number of ether oxygens (including phenoxy) is 3. The van der Waals surface area contributed by atoms with Gasteiger partial charge in [-0.25, -0.2) is 18.6 Å². The van der Waals surface area contributed by atoms with Crippen LogP contribution in [0.25, 0.3) is 11.0 Å². The van der Waals surface area contributed by atoms with Crippen LogP contribution in [0.2, 0.25) is 0 Å². The first-order valence-corrected chi connectivity index (χ1v) is 12.7. The summed E-state index contributed by atoms with van der Waals surface area (Å²) in [5.74, 6) is -5.35. The van der Waals surface area contributed by atoms with E-state index in [1.807, 2.05) is 0 Å². The highest BCUT2D eigenvalue weighted by atomic mass is 19.1. The molecule has 12 nitrogen and oxygen atoms in total. The topological polar surface area (TPSA) is 146 Å². The molecule has 43 heavy (non-hydrogen) atoms. The van der Waals surface area contributed by atoms with E-state index in [4.69, 9.17) is 18.6 Å². The molecule has 0 bridgehead atoms. The van der Waals surface area contributed by atoms with Crippen LogP contribution >= 0.6 is 0 Å². The van der Waals surface area contributed by atoms with Crippen molar-refractivity contribution in [1.29, 1.82) is 0 Å². The number of rotatable bonds is 8. The van der Waals surface area contributed by atoms with Crippen LogP contribution in [0.4, 0.5) is 36.5 Å². The number of para-hydroxylation sites is 1. The lowest BCUT2D eigenvalue weighted by molar-refractivity contribution is -0.384. The average molecular weight is 599 g/mol. The standard InChI is InChI=1S/C29H28F2N4O8/c1-14-9-8-10-16(35(38)39)24(14)33-20-11-15-19(13-32-20)42-27(25(15)34(5)28(37)43-29(2,3)4)26(36)21-22(30)17(40-6)12-18(41-7)23(21)31/h8-13H,1-7H3,(H,32,33). The van der Waals surface area contributed by atoms with Crippen molar-refractivity contribution in [3.8, 4) is 11.5 Å². The van der Waals surface area contributed by atoms with Gasteiger partial charge in [-0.2, -0.15) is 0 Å². The van der Waals surface area contributed by atoms with Crippen LogP contribution in [-0.4, -0.2) is 48.7 Å². The Labute approximate surface area is 244 Å². The molecule has 0 aliphatic carbocycles. The molecule has 0 aliphatic rings. The number of halogens is 2. The minimum absolute atomic E-state index is 0.0331. The number of ketones is 1. The predicted molar refractivity (Wildman–Crippen MR) is 153 cm³/mol. The van der Waals surface area contributed by atoms with Gasteiger partial charge < -0.3 is 23.9 Å². The smallest absolute Gasteiger partial charge is 0.414 e. The summed E-state index contributed by atoms with van der Waals surface area (Å²) in [6.45, 7) is 6.56. The monoisotopic (exact) mass is 598 g/mol. The van der Waals surface area contributed by atoms with Crippen molar-refractivity contribution in [2.24, 2.45) is 0 Å². The second-order valence-electron chi connectivity index (χ2n) is 10.3. The number of benzene rings is 2. The molecular formula is C29H28F2N4O8. The summed E-state index contributed by atoms with van der Waals surface area (Å²) in [4.78, 5) is 43.2. The molecule has 0 saturated carbocycles. The van der Waals surface area contributed by atoms with Gasteiger partial charge in [0.2, 0.25) is 5.78 Å². The maximum atomic E-state index is 15.3. The number of hydrogen-bond acceptors (Lipinski definition) is 10. The number of hydrogen-bond donors (Lipinski definition) is 1. The van der Waals surface area contributed by atoms with Crippen LogP contribution in [0.3, 0.4) is 0 Å². The Morgan fingerprint density at radius 1 is 1.09 bits per heavy atom. The van der Waals surface area contributed by atoms with Gasteiger partial charge in [-0.3, -0.25) is 19.8 Å². The van der Waals surface area contributed by atoms with Crippen LogP contribution in [0.15, 0.2) is 40.9 Å². The zero-order valence-electron chi connectivity index (χ0n) is 24.3. The zero-order valence-corrected chi connectivity index (χ0v) is 24.3. The number of methoxy groups -OCH3 is 2. The van der Waals surface area contributed by atoms with Gasteiger partial charge in [-0.1, -0.05) is 12.1 Å². The number of nitro benzene ring substituents is 1. The Hall–Kier alpha value is -5.27. The second-order valence-corrected chi connectivity index (χ2v) is 10.3. The third kappa shape index (κ3) is 5.89. The van der Waals surface area contributed by atoms with Gasteiger partial charge in [0.05, 0.1) is 30.7 Å². The number of fused-ring (bicyclic) bond motifs is 1. The second kappa shape index (κ2) is 11.5. The Bertz CT molecular complexity index is 1740. The highest BCUT2D eigenvalue weighted by Crippen LogP contribution is 2.40. The molecule has 1 amide bonds. The van der Waals surface area contributed by atoms with E-state index in [0.717, 1.165) is 25.2 Å². The van der Waals surface area contributed by atoms with Crippen molar-refractivity contribution < 1.29 is 41.9 Å². The lowest BCUT2D eigenvalue weighted by Gasteiger charge is -2.24. The van der Waals surface area contributed by atoms with E-state index >= 15 is 8.78 Å². The van der Waals surface area contributed by atoms with Gasteiger partial charge in [-0.15, -0.1) is 0 Å². The largest absolute Gasteiger partial charge is 0.494 e. The number of pyridine rings is 1. The summed E-state index contributed by atoms with van der Waals surface area (Å²) in [6.07, 6.45) is 0.290. The van der Waals surface area contributed by atoms with Gasteiger partial charge in [0, 0.05) is 19.2 Å². The van der Waals surface area contributed by atoms with E-state index in [1.54, 1.807) is 33.8 Å².